The van der Waals surface area contributed by atoms with Gasteiger partial charge in [0.1, 0.15) is 0 Å². The summed E-state index contributed by atoms with van der Waals surface area (Å²) < 4.78 is 0. The number of anilines is 1. The SMILES string of the molecule is Cc1ccnc(NCC2CCCC2Cl)n1. The number of aromatic nitrogens is 2. The van der Waals surface area contributed by atoms with Gasteiger partial charge < -0.3 is 5.32 Å². The molecule has 0 radical (unpaired) electrons. The van der Waals surface area contributed by atoms with Crippen molar-refractivity contribution >= 4 is 17.5 Å². The van der Waals surface area contributed by atoms with Crippen molar-refractivity contribution in [1.29, 1.82) is 0 Å². The van der Waals surface area contributed by atoms with Crippen molar-refractivity contribution in [1.82, 2.24) is 9.97 Å². The summed E-state index contributed by atoms with van der Waals surface area (Å²) in [6.07, 6.45) is 5.38. The normalized spacial score (nSPS) is 25.5. The van der Waals surface area contributed by atoms with Gasteiger partial charge >= 0.3 is 0 Å². The summed E-state index contributed by atoms with van der Waals surface area (Å²) in [5.74, 6) is 1.28. The van der Waals surface area contributed by atoms with E-state index in [1.54, 1.807) is 6.20 Å². The van der Waals surface area contributed by atoms with E-state index in [0.29, 0.717) is 17.2 Å². The number of hydrogen-bond donors (Lipinski definition) is 1. The second kappa shape index (κ2) is 4.79. The second-order valence-corrected chi connectivity index (χ2v) is 4.67. The van der Waals surface area contributed by atoms with E-state index in [2.05, 4.69) is 15.3 Å². The molecule has 1 aliphatic carbocycles. The number of rotatable bonds is 3. The number of aryl methyl sites for hydroxylation is 1. The van der Waals surface area contributed by atoms with E-state index in [1.165, 1.54) is 12.8 Å². The Morgan fingerprint density at radius 2 is 2.40 bits per heavy atom. The van der Waals surface area contributed by atoms with Crippen molar-refractivity contribution in [2.75, 3.05) is 11.9 Å². The van der Waals surface area contributed by atoms with Crippen LogP contribution in [0.4, 0.5) is 5.95 Å². The Labute approximate surface area is 95.3 Å². The van der Waals surface area contributed by atoms with Crippen molar-refractivity contribution < 1.29 is 0 Å². The lowest BCUT2D eigenvalue weighted by molar-refractivity contribution is 0.584. The molecule has 1 aromatic rings. The molecule has 82 valence electrons. The molecule has 0 aliphatic heterocycles. The molecule has 0 spiro atoms. The predicted octanol–water partition coefficient (Wildman–Crippen LogP) is 2.60. The molecule has 1 saturated carbocycles. The molecule has 0 amide bonds. The van der Waals surface area contributed by atoms with Crippen molar-refractivity contribution in [2.24, 2.45) is 5.92 Å². The van der Waals surface area contributed by atoms with E-state index in [4.69, 9.17) is 11.6 Å². The van der Waals surface area contributed by atoms with Gasteiger partial charge in [-0.3, -0.25) is 0 Å². The van der Waals surface area contributed by atoms with Gasteiger partial charge in [-0.2, -0.15) is 0 Å². The first kappa shape index (κ1) is 10.7. The molecule has 15 heavy (non-hydrogen) atoms. The standard InChI is InChI=1S/C11H16ClN3/c1-8-5-6-13-11(15-8)14-7-9-3-2-4-10(9)12/h5-6,9-10H,2-4,7H2,1H3,(H,13,14,15). The summed E-state index contributed by atoms with van der Waals surface area (Å²) in [4.78, 5) is 8.45. The lowest BCUT2D eigenvalue weighted by Gasteiger charge is -2.14. The minimum absolute atomic E-state index is 0.322. The van der Waals surface area contributed by atoms with E-state index in [9.17, 15) is 0 Å². The average Bonchev–Trinajstić information content (AvgIpc) is 2.61. The first-order chi connectivity index (χ1) is 7.25. The van der Waals surface area contributed by atoms with Crippen LogP contribution < -0.4 is 5.32 Å². The van der Waals surface area contributed by atoms with E-state index in [0.717, 1.165) is 18.7 Å². The third-order valence-corrected chi connectivity index (χ3v) is 3.46. The van der Waals surface area contributed by atoms with E-state index >= 15 is 0 Å². The molecule has 1 fully saturated rings. The highest BCUT2D eigenvalue weighted by molar-refractivity contribution is 6.20. The van der Waals surface area contributed by atoms with Gasteiger partial charge in [0.2, 0.25) is 5.95 Å². The predicted molar refractivity (Wildman–Crippen MR) is 62.2 cm³/mol. The molecule has 3 nitrogen and oxygen atoms in total. The Hall–Kier alpha value is -0.830. The number of halogens is 1. The highest BCUT2D eigenvalue weighted by Gasteiger charge is 2.24. The molecule has 1 aliphatic rings. The molecule has 0 saturated heterocycles. The Balaban J connectivity index is 1.87. The fourth-order valence-electron chi connectivity index (χ4n) is 1.98. The minimum Gasteiger partial charge on any atom is -0.354 e. The molecule has 4 heteroatoms. The lowest BCUT2D eigenvalue weighted by Crippen LogP contribution is -2.19. The third-order valence-electron chi connectivity index (χ3n) is 2.88. The lowest BCUT2D eigenvalue weighted by atomic mass is 10.1. The summed E-state index contributed by atoms with van der Waals surface area (Å²) in [5.41, 5.74) is 0.987. The molecule has 1 heterocycles. The second-order valence-electron chi connectivity index (χ2n) is 4.11. The first-order valence-corrected chi connectivity index (χ1v) is 5.87. The first-order valence-electron chi connectivity index (χ1n) is 5.43. The summed E-state index contributed by atoms with van der Waals surface area (Å²) in [6.45, 7) is 2.85. The molecule has 2 unspecified atom stereocenters. The van der Waals surface area contributed by atoms with Crippen LogP contribution >= 0.6 is 11.6 Å². The monoisotopic (exact) mass is 225 g/mol. The van der Waals surface area contributed by atoms with Crippen molar-refractivity contribution in [3.63, 3.8) is 0 Å². The maximum atomic E-state index is 6.19. The number of alkyl halides is 1. The van der Waals surface area contributed by atoms with Gasteiger partial charge in [-0.05, 0) is 31.7 Å². The molecular formula is C11H16ClN3. The topological polar surface area (TPSA) is 37.8 Å². The van der Waals surface area contributed by atoms with Crippen LogP contribution in [0.25, 0.3) is 0 Å². The van der Waals surface area contributed by atoms with Crippen LogP contribution in [0.3, 0.4) is 0 Å². The van der Waals surface area contributed by atoms with Crippen LogP contribution in [-0.4, -0.2) is 21.9 Å². The Morgan fingerprint density at radius 3 is 3.07 bits per heavy atom. The maximum absolute atomic E-state index is 6.19. The summed E-state index contributed by atoms with van der Waals surface area (Å²) >= 11 is 6.19. The van der Waals surface area contributed by atoms with Crippen LogP contribution in [0.15, 0.2) is 12.3 Å². The molecule has 0 aromatic carbocycles. The third kappa shape index (κ3) is 2.81. The molecular weight excluding hydrogens is 210 g/mol. The number of nitrogens with zero attached hydrogens (tertiary/aromatic N) is 2. The van der Waals surface area contributed by atoms with Crippen LogP contribution in [0.1, 0.15) is 25.0 Å². The fourth-order valence-corrected chi connectivity index (χ4v) is 2.35. The maximum Gasteiger partial charge on any atom is 0.222 e. The fraction of sp³-hybridized carbons (Fsp3) is 0.636. The zero-order valence-corrected chi connectivity index (χ0v) is 9.67. The summed E-state index contributed by atoms with van der Waals surface area (Å²) in [7, 11) is 0. The Morgan fingerprint density at radius 1 is 1.53 bits per heavy atom. The van der Waals surface area contributed by atoms with Gasteiger partial charge in [-0.25, -0.2) is 9.97 Å². The molecule has 0 bridgehead atoms. The van der Waals surface area contributed by atoms with Crippen LogP contribution in [0.2, 0.25) is 0 Å². The van der Waals surface area contributed by atoms with Gasteiger partial charge in [0.15, 0.2) is 0 Å². The van der Waals surface area contributed by atoms with Crippen molar-refractivity contribution in [2.45, 2.75) is 31.6 Å². The summed E-state index contributed by atoms with van der Waals surface area (Å²) in [5, 5.41) is 3.57. The van der Waals surface area contributed by atoms with E-state index < -0.39 is 0 Å². The molecule has 1 aromatic heterocycles. The minimum atomic E-state index is 0.322. The molecule has 2 rings (SSSR count). The van der Waals surface area contributed by atoms with E-state index in [1.807, 2.05) is 13.0 Å². The van der Waals surface area contributed by atoms with Crippen LogP contribution in [-0.2, 0) is 0 Å². The van der Waals surface area contributed by atoms with Crippen LogP contribution in [0, 0.1) is 12.8 Å². The van der Waals surface area contributed by atoms with E-state index in [-0.39, 0.29) is 0 Å². The Bertz CT molecular complexity index is 329. The Kier molecular flexibility index (Phi) is 3.41. The van der Waals surface area contributed by atoms with Gasteiger partial charge in [-0.15, -0.1) is 11.6 Å². The summed E-state index contributed by atoms with van der Waals surface area (Å²) in [6, 6.07) is 1.89. The van der Waals surface area contributed by atoms with Gasteiger partial charge in [-0.1, -0.05) is 6.42 Å². The largest absolute Gasteiger partial charge is 0.354 e. The molecule has 1 N–H and O–H groups in total. The van der Waals surface area contributed by atoms with Gasteiger partial charge in [0, 0.05) is 23.8 Å². The van der Waals surface area contributed by atoms with Gasteiger partial charge in [0.25, 0.3) is 0 Å². The smallest absolute Gasteiger partial charge is 0.222 e. The van der Waals surface area contributed by atoms with Crippen LogP contribution in [0.5, 0.6) is 0 Å². The average molecular weight is 226 g/mol. The zero-order valence-electron chi connectivity index (χ0n) is 8.91. The number of nitrogens with one attached hydrogen (secondary N) is 1. The highest BCUT2D eigenvalue weighted by atomic mass is 35.5. The van der Waals surface area contributed by atoms with Gasteiger partial charge in [0.05, 0.1) is 0 Å². The molecule has 2 atom stereocenters. The van der Waals surface area contributed by atoms with Crippen molar-refractivity contribution in [3.8, 4) is 0 Å². The highest BCUT2D eigenvalue weighted by Crippen LogP contribution is 2.29. The number of hydrogen-bond acceptors (Lipinski definition) is 3. The van der Waals surface area contributed by atoms with Crippen molar-refractivity contribution in [3.05, 3.63) is 18.0 Å². The quantitative estimate of drug-likeness (QED) is 0.804. The zero-order chi connectivity index (χ0) is 10.7.